The highest BCUT2D eigenvalue weighted by molar-refractivity contribution is 5.69. The van der Waals surface area contributed by atoms with Gasteiger partial charge >= 0.3 is 11.9 Å². The van der Waals surface area contributed by atoms with E-state index < -0.39 is 0 Å². The fourth-order valence-corrected chi connectivity index (χ4v) is 6.41. The van der Waals surface area contributed by atoms with Crippen molar-refractivity contribution in [3.63, 3.8) is 0 Å². The first-order valence-corrected chi connectivity index (χ1v) is 23.0. The number of ether oxygens (including phenoxy) is 7. The van der Waals surface area contributed by atoms with E-state index in [1.54, 1.807) is 14.2 Å². The molecule has 11 nitrogen and oxygen atoms in total. The number of nitrogens with zero attached hydrogens (tertiary/aromatic N) is 2. The quantitative estimate of drug-likeness (QED) is 0.0435. The molecule has 0 aliphatic rings. The predicted molar refractivity (Wildman–Crippen MR) is 229 cm³/mol. The molecule has 0 amide bonds. The number of methoxy groups -OCH3 is 2. The van der Waals surface area contributed by atoms with Gasteiger partial charge in [0, 0.05) is 60.0 Å². The number of carbonyl (C=O) groups excluding carboxylic acids is 2. The van der Waals surface area contributed by atoms with Crippen LogP contribution in [0.15, 0.2) is 0 Å². The van der Waals surface area contributed by atoms with E-state index in [9.17, 15) is 9.59 Å². The second kappa shape index (κ2) is 46.4. The molecule has 0 aromatic rings. The molecule has 0 aliphatic heterocycles. The molecule has 0 bridgehead atoms. The van der Waals surface area contributed by atoms with Gasteiger partial charge in [-0.15, -0.1) is 0 Å². The van der Waals surface area contributed by atoms with Crippen LogP contribution in [0.4, 0.5) is 0 Å². The Morgan fingerprint density at radius 1 is 0.339 bits per heavy atom. The summed E-state index contributed by atoms with van der Waals surface area (Å²) in [6.07, 6.45) is 25.9. The van der Waals surface area contributed by atoms with Crippen molar-refractivity contribution in [2.75, 3.05) is 120 Å². The van der Waals surface area contributed by atoms with E-state index >= 15 is 0 Å². The van der Waals surface area contributed by atoms with Gasteiger partial charge in [0.25, 0.3) is 0 Å². The summed E-state index contributed by atoms with van der Waals surface area (Å²) in [6.45, 7) is 15.3. The predicted octanol–water partition coefficient (Wildman–Crippen LogP) is 9.03. The largest absolute Gasteiger partial charge is 0.466 e. The lowest BCUT2D eigenvalue weighted by Crippen LogP contribution is -2.34. The topological polar surface area (TPSA) is 105 Å². The summed E-state index contributed by atoms with van der Waals surface area (Å²) in [6, 6.07) is 0. The molecule has 0 N–H and O–H groups in total. The first kappa shape index (κ1) is 54.7. The Morgan fingerprint density at radius 2 is 0.732 bits per heavy atom. The van der Waals surface area contributed by atoms with Crippen molar-refractivity contribution in [1.82, 2.24) is 9.80 Å². The smallest absolute Gasteiger partial charge is 0.307 e. The summed E-state index contributed by atoms with van der Waals surface area (Å²) in [5.74, 6) is -0.217. The summed E-state index contributed by atoms with van der Waals surface area (Å²) in [5.41, 5.74) is 0. The van der Waals surface area contributed by atoms with E-state index in [1.165, 1.54) is 83.5 Å². The molecule has 0 radical (unpaired) electrons. The number of carbonyl (C=O) groups is 2. The molecule has 0 saturated heterocycles. The standard InChI is InChI=1S/C45H90N2O9/c1-5-7-9-11-13-17-23-34-52-35-24-18-15-21-28-46(29-22-16-19-25-36-55-44(48)26-20-14-12-10-8-6-2)33-39-56-45(49)27-30-47(31-37-53-42-40-50-3)32-38-54-43-41-51-4/h5-43H2,1-4H3. The van der Waals surface area contributed by atoms with Gasteiger partial charge in [-0.2, -0.15) is 0 Å². The van der Waals surface area contributed by atoms with Gasteiger partial charge < -0.3 is 33.2 Å². The minimum atomic E-state index is -0.168. The average Bonchev–Trinajstić information content (AvgIpc) is 3.20. The van der Waals surface area contributed by atoms with Crippen LogP contribution in [0, 0.1) is 0 Å². The molecule has 0 heterocycles. The molecule has 334 valence electrons. The van der Waals surface area contributed by atoms with Crippen LogP contribution in [-0.4, -0.2) is 141 Å². The van der Waals surface area contributed by atoms with Gasteiger partial charge in [0.15, 0.2) is 0 Å². The van der Waals surface area contributed by atoms with Crippen LogP contribution in [0.3, 0.4) is 0 Å². The minimum Gasteiger partial charge on any atom is -0.466 e. The second-order valence-electron chi connectivity index (χ2n) is 15.2. The maximum Gasteiger partial charge on any atom is 0.307 e. The molecule has 0 saturated carbocycles. The molecule has 0 spiro atoms. The van der Waals surface area contributed by atoms with Crippen LogP contribution >= 0.6 is 0 Å². The van der Waals surface area contributed by atoms with Crippen LogP contribution in [0.25, 0.3) is 0 Å². The highest BCUT2D eigenvalue weighted by atomic mass is 16.5. The molecule has 0 unspecified atom stereocenters. The van der Waals surface area contributed by atoms with Gasteiger partial charge in [0.05, 0.1) is 52.7 Å². The van der Waals surface area contributed by atoms with Crippen molar-refractivity contribution < 1.29 is 42.7 Å². The van der Waals surface area contributed by atoms with E-state index in [1.807, 2.05) is 0 Å². The van der Waals surface area contributed by atoms with Gasteiger partial charge in [-0.1, -0.05) is 110 Å². The molecule has 56 heavy (non-hydrogen) atoms. The van der Waals surface area contributed by atoms with E-state index in [-0.39, 0.29) is 11.9 Å². The van der Waals surface area contributed by atoms with Crippen LogP contribution in [0.2, 0.25) is 0 Å². The van der Waals surface area contributed by atoms with Crippen LogP contribution in [-0.2, 0) is 42.7 Å². The summed E-state index contributed by atoms with van der Waals surface area (Å²) in [7, 11) is 3.32. The third-order valence-corrected chi connectivity index (χ3v) is 10.0. The van der Waals surface area contributed by atoms with Crippen molar-refractivity contribution in [3.8, 4) is 0 Å². The lowest BCUT2D eigenvalue weighted by molar-refractivity contribution is -0.145. The van der Waals surface area contributed by atoms with Gasteiger partial charge in [-0.3, -0.25) is 19.4 Å². The van der Waals surface area contributed by atoms with Crippen molar-refractivity contribution in [1.29, 1.82) is 0 Å². The Labute approximate surface area is 344 Å². The number of rotatable bonds is 47. The van der Waals surface area contributed by atoms with E-state index in [2.05, 4.69) is 23.6 Å². The van der Waals surface area contributed by atoms with Crippen LogP contribution < -0.4 is 0 Å². The first-order valence-electron chi connectivity index (χ1n) is 23.0. The van der Waals surface area contributed by atoms with Gasteiger partial charge in [0.2, 0.25) is 0 Å². The molecule has 0 aromatic carbocycles. The van der Waals surface area contributed by atoms with Crippen molar-refractivity contribution in [2.24, 2.45) is 0 Å². The summed E-state index contributed by atoms with van der Waals surface area (Å²) >= 11 is 0. The molecule has 0 rings (SSSR count). The second-order valence-corrected chi connectivity index (χ2v) is 15.2. The van der Waals surface area contributed by atoms with Gasteiger partial charge in [0.1, 0.15) is 6.61 Å². The van der Waals surface area contributed by atoms with Crippen molar-refractivity contribution in [3.05, 3.63) is 0 Å². The third kappa shape index (κ3) is 42.3. The Balaban J connectivity index is 4.51. The Hall–Kier alpha value is -1.34. The molecular weight excluding hydrogens is 713 g/mol. The normalized spacial score (nSPS) is 11.6. The molecule has 0 atom stereocenters. The zero-order valence-corrected chi connectivity index (χ0v) is 37.1. The molecule has 0 aromatic heterocycles. The lowest BCUT2D eigenvalue weighted by atomic mass is 10.1. The van der Waals surface area contributed by atoms with E-state index in [4.69, 9.17) is 33.2 Å². The summed E-state index contributed by atoms with van der Waals surface area (Å²) < 4.78 is 38.5. The van der Waals surface area contributed by atoms with E-state index in [0.29, 0.717) is 85.3 Å². The highest BCUT2D eigenvalue weighted by Gasteiger charge is 2.12. The SMILES string of the molecule is CCCCCCCCCOCCCCCCN(CCCCCCOC(=O)CCCCCCCC)CCOC(=O)CCN(CCOCCOC)CCOCCOC. The Morgan fingerprint density at radius 3 is 1.27 bits per heavy atom. The lowest BCUT2D eigenvalue weighted by Gasteiger charge is -2.23. The fourth-order valence-electron chi connectivity index (χ4n) is 6.41. The zero-order chi connectivity index (χ0) is 40.8. The number of unbranched alkanes of at least 4 members (excludes halogenated alkanes) is 17. The Bertz CT molecular complexity index is 794. The fraction of sp³-hybridized carbons (Fsp3) is 0.956. The van der Waals surface area contributed by atoms with E-state index in [0.717, 1.165) is 84.2 Å². The van der Waals surface area contributed by atoms with Crippen molar-refractivity contribution in [2.45, 2.75) is 162 Å². The van der Waals surface area contributed by atoms with Gasteiger partial charge in [-0.25, -0.2) is 0 Å². The molecular formula is C45H90N2O9. The molecule has 0 aliphatic carbocycles. The van der Waals surface area contributed by atoms with Crippen LogP contribution in [0.1, 0.15) is 162 Å². The zero-order valence-electron chi connectivity index (χ0n) is 37.1. The summed E-state index contributed by atoms with van der Waals surface area (Å²) in [4.78, 5) is 29.5. The number of esters is 2. The molecule has 0 fully saturated rings. The minimum absolute atomic E-state index is 0.0485. The third-order valence-electron chi connectivity index (χ3n) is 10.0. The highest BCUT2D eigenvalue weighted by Crippen LogP contribution is 2.10. The first-order chi connectivity index (χ1) is 27.6. The number of hydrogen-bond donors (Lipinski definition) is 0. The summed E-state index contributed by atoms with van der Waals surface area (Å²) in [5, 5.41) is 0. The Kier molecular flexibility index (Phi) is 45.2. The number of hydrogen-bond acceptors (Lipinski definition) is 11. The van der Waals surface area contributed by atoms with Crippen molar-refractivity contribution >= 4 is 11.9 Å². The van der Waals surface area contributed by atoms with Crippen LogP contribution in [0.5, 0.6) is 0 Å². The average molecular weight is 803 g/mol. The monoisotopic (exact) mass is 803 g/mol. The maximum absolute atomic E-state index is 12.8. The van der Waals surface area contributed by atoms with Gasteiger partial charge in [-0.05, 0) is 51.6 Å². The molecule has 11 heteroatoms. The maximum atomic E-state index is 12.8.